The molecule has 0 aliphatic carbocycles. The van der Waals surface area contributed by atoms with Crippen molar-refractivity contribution in [2.75, 3.05) is 11.9 Å². The minimum absolute atomic E-state index is 0.710. The number of anilines is 1. The van der Waals surface area contributed by atoms with Gasteiger partial charge in [-0.05, 0) is 31.4 Å². The molecule has 0 aliphatic heterocycles. The molecule has 0 spiro atoms. The monoisotopic (exact) mass is 251 g/mol. The van der Waals surface area contributed by atoms with Crippen molar-refractivity contribution in [3.8, 4) is 0 Å². The number of thiophene rings is 1. The molecule has 0 amide bonds. The van der Waals surface area contributed by atoms with Crippen LogP contribution in [0.15, 0.2) is 32.8 Å². The molecule has 2 heterocycles. The van der Waals surface area contributed by atoms with Crippen LogP contribution in [0.25, 0.3) is 0 Å². The van der Waals surface area contributed by atoms with Crippen LogP contribution < -0.4 is 5.32 Å². The molecular formula is C11H13N3S2. The highest BCUT2D eigenvalue weighted by Crippen LogP contribution is 2.30. The summed E-state index contributed by atoms with van der Waals surface area (Å²) in [6.07, 6.45) is 0. The van der Waals surface area contributed by atoms with E-state index in [2.05, 4.69) is 26.7 Å². The van der Waals surface area contributed by atoms with Crippen LogP contribution in [0, 0.1) is 6.92 Å². The maximum Gasteiger partial charge on any atom is 0.223 e. The van der Waals surface area contributed by atoms with Gasteiger partial charge in [-0.2, -0.15) is 0 Å². The SMILES string of the molecule is CCNc1nc(C)cc(Sc2cccs2)n1. The average Bonchev–Trinajstić information content (AvgIpc) is 2.70. The number of aromatic nitrogens is 2. The summed E-state index contributed by atoms with van der Waals surface area (Å²) in [5, 5.41) is 6.20. The summed E-state index contributed by atoms with van der Waals surface area (Å²) < 4.78 is 1.25. The average molecular weight is 251 g/mol. The van der Waals surface area contributed by atoms with Gasteiger partial charge in [0.05, 0.1) is 4.21 Å². The van der Waals surface area contributed by atoms with Crippen LogP contribution in [0.5, 0.6) is 0 Å². The molecule has 84 valence electrons. The second-order valence-corrected chi connectivity index (χ2v) is 5.50. The number of aryl methyl sites for hydroxylation is 1. The molecule has 0 aromatic carbocycles. The van der Waals surface area contributed by atoms with Gasteiger partial charge >= 0.3 is 0 Å². The van der Waals surface area contributed by atoms with E-state index >= 15 is 0 Å². The lowest BCUT2D eigenvalue weighted by Gasteiger charge is -2.05. The number of hydrogen-bond donors (Lipinski definition) is 1. The first-order valence-corrected chi connectivity index (χ1v) is 6.78. The fourth-order valence-corrected chi connectivity index (χ4v) is 3.03. The summed E-state index contributed by atoms with van der Waals surface area (Å²) in [4.78, 5) is 8.77. The number of hydrogen-bond acceptors (Lipinski definition) is 5. The third kappa shape index (κ3) is 2.96. The standard InChI is InChI=1S/C11H13N3S2/c1-3-12-11-13-8(2)7-9(14-11)16-10-5-4-6-15-10/h4-7H,3H2,1-2H3,(H,12,13,14). The van der Waals surface area contributed by atoms with Gasteiger partial charge < -0.3 is 5.32 Å². The predicted molar refractivity (Wildman–Crippen MR) is 69.4 cm³/mol. The zero-order valence-corrected chi connectivity index (χ0v) is 10.9. The fraction of sp³-hybridized carbons (Fsp3) is 0.273. The smallest absolute Gasteiger partial charge is 0.223 e. The second-order valence-electron chi connectivity index (χ2n) is 3.24. The summed E-state index contributed by atoms with van der Waals surface area (Å²) >= 11 is 3.40. The Hall–Kier alpha value is -1.07. The van der Waals surface area contributed by atoms with E-state index < -0.39 is 0 Å². The third-order valence-electron chi connectivity index (χ3n) is 1.87. The lowest BCUT2D eigenvalue weighted by molar-refractivity contribution is 0.985. The van der Waals surface area contributed by atoms with Gasteiger partial charge in [0.1, 0.15) is 5.03 Å². The van der Waals surface area contributed by atoms with E-state index in [9.17, 15) is 0 Å². The van der Waals surface area contributed by atoms with Crippen molar-refractivity contribution in [3.63, 3.8) is 0 Å². The van der Waals surface area contributed by atoms with E-state index in [0.29, 0.717) is 5.95 Å². The molecule has 0 unspecified atom stereocenters. The lowest BCUT2D eigenvalue weighted by Crippen LogP contribution is -2.03. The van der Waals surface area contributed by atoms with E-state index in [4.69, 9.17) is 0 Å². The van der Waals surface area contributed by atoms with Crippen molar-refractivity contribution in [2.24, 2.45) is 0 Å². The minimum atomic E-state index is 0.710. The van der Waals surface area contributed by atoms with Gasteiger partial charge in [-0.15, -0.1) is 11.3 Å². The molecule has 0 atom stereocenters. The molecule has 0 bridgehead atoms. The normalized spacial score (nSPS) is 10.4. The highest BCUT2D eigenvalue weighted by Gasteiger charge is 2.04. The van der Waals surface area contributed by atoms with E-state index in [1.165, 1.54) is 4.21 Å². The quantitative estimate of drug-likeness (QED) is 0.845. The van der Waals surface area contributed by atoms with Crippen molar-refractivity contribution in [3.05, 3.63) is 29.3 Å². The van der Waals surface area contributed by atoms with Crippen LogP contribution in [0.2, 0.25) is 0 Å². The van der Waals surface area contributed by atoms with Crippen LogP contribution in [0.1, 0.15) is 12.6 Å². The molecule has 2 aromatic heterocycles. The van der Waals surface area contributed by atoms with Crippen LogP contribution in [0.3, 0.4) is 0 Å². The molecule has 16 heavy (non-hydrogen) atoms. The van der Waals surface area contributed by atoms with Gasteiger partial charge in [0.2, 0.25) is 5.95 Å². The Morgan fingerprint density at radius 1 is 1.44 bits per heavy atom. The second kappa shape index (κ2) is 5.32. The van der Waals surface area contributed by atoms with Gasteiger partial charge in [0, 0.05) is 12.2 Å². The Morgan fingerprint density at radius 2 is 2.31 bits per heavy atom. The molecular weight excluding hydrogens is 238 g/mol. The Labute approximate surface area is 103 Å². The maximum atomic E-state index is 4.45. The van der Waals surface area contributed by atoms with E-state index in [0.717, 1.165) is 17.3 Å². The third-order valence-corrected chi connectivity index (χ3v) is 3.82. The summed E-state index contributed by atoms with van der Waals surface area (Å²) in [5.74, 6) is 0.710. The molecule has 0 aliphatic rings. The van der Waals surface area contributed by atoms with Crippen molar-refractivity contribution in [1.29, 1.82) is 0 Å². The molecule has 0 saturated carbocycles. The number of nitrogens with one attached hydrogen (secondary N) is 1. The highest BCUT2D eigenvalue weighted by molar-refractivity contribution is 8.01. The molecule has 3 nitrogen and oxygen atoms in total. The van der Waals surface area contributed by atoms with Crippen molar-refractivity contribution in [2.45, 2.75) is 23.1 Å². The van der Waals surface area contributed by atoms with Crippen LogP contribution >= 0.6 is 23.1 Å². The number of nitrogens with zero attached hydrogens (tertiary/aromatic N) is 2. The summed E-state index contributed by atoms with van der Waals surface area (Å²) in [6.45, 7) is 4.87. The van der Waals surface area contributed by atoms with Crippen molar-refractivity contribution >= 4 is 29.0 Å². The summed E-state index contributed by atoms with van der Waals surface area (Å²) in [7, 11) is 0. The van der Waals surface area contributed by atoms with E-state index in [1.54, 1.807) is 23.1 Å². The van der Waals surface area contributed by atoms with Gasteiger partial charge in [0.15, 0.2) is 0 Å². The maximum absolute atomic E-state index is 4.45. The summed E-state index contributed by atoms with van der Waals surface area (Å²) in [5.41, 5.74) is 0.991. The zero-order valence-electron chi connectivity index (χ0n) is 9.23. The fourth-order valence-electron chi connectivity index (χ4n) is 1.25. The van der Waals surface area contributed by atoms with Crippen molar-refractivity contribution < 1.29 is 0 Å². The van der Waals surface area contributed by atoms with Gasteiger partial charge in [-0.25, -0.2) is 9.97 Å². The minimum Gasteiger partial charge on any atom is -0.354 e. The highest BCUT2D eigenvalue weighted by atomic mass is 32.2. The van der Waals surface area contributed by atoms with Crippen LogP contribution in [-0.2, 0) is 0 Å². The Bertz CT molecular complexity index is 454. The van der Waals surface area contributed by atoms with Crippen molar-refractivity contribution in [1.82, 2.24) is 9.97 Å². The number of rotatable bonds is 4. The zero-order chi connectivity index (χ0) is 11.4. The Morgan fingerprint density at radius 3 is 3.00 bits per heavy atom. The lowest BCUT2D eigenvalue weighted by atomic mass is 10.5. The molecule has 0 fully saturated rings. The molecule has 5 heteroatoms. The van der Waals surface area contributed by atoms with Gasteiger partial charge in [-0.1, -0.05) is 17.8 Å². The van der Waals surface area contributed by atoms with E-state index in [1.807, 2.05) is 26.0 Å². The molecule has 2 rings (SSSR count). The molecule has 1 N–H and O–H groups in total. The first-order chi connectivity index (χ1) is 7.78. The van der Waals surface area contributed by atoms with Crippen LogP contribution in [0.4, 0.5) is 5.95 Å². The first kappa shape index (κ1) is 11.4. The predicted octanol–water partition coefficient (Wildman–Crippen LogP) is 3.43. The Kier molecular flexibility index (Phi) is 3.79. The molecule has 0 saturated heterocycles. The molecule has 0 radical (unpaired) electrons. The summed E-state index contributed by atoms with van der Waals surface area (Å²) in [6, 6.07) is 6.15. The largest absolute Gasteiger partial charge is 0.354 e. The van der Waals surface area contributed by atoms with Crippen LogP contribution in [-0.4, -0.2) is 16.5 Å². The Balaban J connectivity index is 2.20. The van der Waals surface area contributed by atoms with Gasteiger partial charge in [0.25, 0.3) is 0 Å². The topological polar surface area (TPSA) is 37.8 Å². The van der Waals surface area contributed by atoms with E-state index in [-0.39, 0.29) is 0 Å². The first-order valence-electron chi connectivity index (χ1n) is 5.09. The van der Waals surface area contributed by atoms with Gasteiger partial charge in [-0.3, -0.25) is 0 Å². The molecule has 2 aromatic rings.